The van der Waals surface area contributed by atoms with Gasteiger partial charge in [-0.25, -0.2) is 4.79 Å². The van der Waals surface area contributed by atoms with Gasteiger partial charge in [-0.15, -0.1) is 11.3 Å². The third-order valence-electron chi connectivity index (χ3n) is 1.78. The first kappa shape index (κ1) is 12.0. The molecule has 0 aliphatic carbocycles. The summed E-state index contributed by atoms with van der Waals surface area (Å²) in [5, 5.41) is 7.66. The summed E-state index contributed by atoms with van der Waals surface area (Å²) in [6, 6.07) is 3.89. The Hall–Kier alpha value is -1.03. The molecule has 4 heteroatoms. The van der Waals surface area contributed by atoms with Crippen LogP contribution in [0.4, 0.5) is 4.79 Å². The van der Waals surface area contributed by atoms with E-state index in [0.717, 1.165) is 0 Å². The normalized spacial score (nSPS) is 11.1. The van der Waals surface area contributed by atoms with Crippen molar-refractivity contribution in [3.05, 3.63) is 22.4 Å². The van der Waals surface area contributed by atoms with Gasteiger partial charge in [0.25, 0.3) is 0 Å². The van der Waals surface area contributed by atoms with Gasteiger partial charge < -0.3 is 10.6 Å². The maximum absolute atomic E-state index is 11.4. The SMILES string of the molecule is CC(C)(C)CNC(=O)NCc1cccs1. The van der Waals surface area contributed by atoms with Crippen molar-refractivity contribution in [2.75, 3.05) is 6.54 Å². The monoisotopic (exact) mass is 226 g/mol. The molecule has 0 aromatic carbocycles. The number of nitrogens with one attached hydrogen (secondary N) is 2. The second-order valence-corrected chi connectivity index (χ2v) is 5.71. The molecule has 0 saturated carbocycles. The van der Waals surface area contributed by atoms with Crippen molar-refractivity contribution in [3.63, 3.8) is 0 Å². The smallest absolute Gasteiger partial charge is 0.315 e. The molecule has 15 heavy (non-hydrogen) atoms. The van der Waals surface area contributed by atoms with E-state index in [1.165, 1.54) is 4.88 Å². The van der Waals surface area contributed by atoms with Crippen LogP contribution in [0.2, 0.25) is 0 Å². The highest BCUT2D eigenvalue weighted by molar-refractivity contribution is 7.09. The van der Waals surface area contributed by atoms with Crippen LogP contribution in [0.15, 0.2) is 17.5 Å². The lowest BCUT2D eigenvalue weighted by atomic mass is 9.97. The minimum Gasteiger partial charge on any atom is -0.338 e. The molecular weight excluding hydrogens is 208 g/mol. The molecule has 84 valence electrons. The average Bonchev–Trinajstić information content (AvgIpc) is 2.62. The van der Waals surface area contributed by atoms with E-state index < -0.39 is 0 Å². The van der Waals surface area contributed by atoms with E-state index >= 15 is 0 Å². The molecular formula is C11H18N2OS. The van der Waals surface area contributed by atoms with E-state index in [-0.39, 0.29) is 11.4 Å². The lowest BCUT2D eigenvalue weighted by Crippen LogP contribution is -2.39. The molecule has 0 radical (unpaired) electrons. The zero-order valence-corrected chi connectivity index (χ0v) is 10.3. The van der Waals surface area contributed by atoms with E-state index in [2.05, 4.69) is 31.4 Å². The molecule has 0 unspecified atom stereocenters. The van der Waals surface area contributed by atoms with Crippen LogP contribution in [0.25, 0.3) is 0 Å². The summed E-state index contributed by atoms with van der Waals surface area (Å²) in [7, 11) is 0. The Morgan fingerprint density at radius 2 is 2.13 bits per heavy atom. The highest BCUT2D eigenvalue weighted by Crippen LogP contribution is 2.10. The van der Waals surface area contributed by atoms with Crippen molar-refractivity contribution < 1.29 is 4.79 Å². The zero-order valence-electron chi connectivity index (χ0n) is 9.46. The fraction of sp³-hybridized carbons (Fsp3) is 0.545. The Balaban J connectivity index is 2.20. The molecule has 0 atom stereocenters. The van der Waals surface area contributed by atoms with Gasteiger partial charge in [0.2, 0.25) is 0 Å². The van der Waals surface area contributed by atoms with Crippen LogP contribution < -0.4 is 10.6 Å². The Morgan fingerprint density at radius 3 is 2.67 bits per heavy atom. The van der Waals surface area contributed by atoms with Gasteiger partial charge in [0.1, 0.15) is 0 Å². The molecule has 0 fully saturated rings. The van der Waals surface area contributed by atoms with Crippen LogP contribution >= 0.6 is 11.3 Å². The van der Waals surface area contributed by atoms with Crippen LogP contribution in [-0.4, -0.2) is 12.6 Å². The highest BCUT2D eigenvalue weighted by Gasteiger charge is 2.11. The second kappa shape index (κ2) is 5.16. The fourth-order valence-corrected chi connectivity index (χ4v) is 1.63. The Bertz CT molecular complexity index is 301. The largest absolute Gasteiger partial charge is 0.338 e. The zero-order chi connectivity index (χ0) is 11.3. The quantitative estimate of drug-likeness (QED) is 0.817. The number of carbonyl (C=O) groups excluding carboxylic acids is 1. The number of rotatable bonds is 3. The molecule has 1 heterocycles. The third-order valence-corrected chi connectivity index (χ3v) is 2.66. The summed E-state index contributed by atoms with van der Waals surface area (Å²) >= 11 is 1.65. The molecule has 2 amide bonds. The van der Waals surface area contributed by atoms with Crippen molar-refractivity contribution in [2.24, 2.45) is 5.41 Å². The van der Waals surface area contributed by atoms with Crippen molar-refractivity contribution in [1.82, 2.24) is 10.6 Å². The Morgan fingerprint density at radius 1 is 1.40 bits per heavy atom. The maximum Gasteiger partial charge on any atom is 0.315 e. The van der Waals surface area contributed by atoms with E-state index in [4.69, 9.17) is 0 Å². The third kappa shape index (κ3) is 5.42. The molecule has 0 aliphatic rings. The number of hydrogen-bond acceptors (Lipinski definition) is 2. The van der Waals surface area contributed by atoms with Gasteiger partial charge in [0.05, 0.1) is 6.54 Å². The first-order valence-corrected chi connectivity index (χ1v) is 5.89. The molecule has 0 spiro atoms. The Labute approximate surface area is 94.9 Å². The first-order valence-electron chi connectivity index (χ1n) is 5.01. The van der Waals surface area contributed by atoms with Crippen molar-refractivity contribution in [2.45, 2.75) is 27.3 Å². The summed E-state index contributed by atoms with van der Waals surface area (Å²) in [4.78, 5) is 12.5. The predicted octanol–water partition coefficient (Wildman–Crippen LogP) is 2.59. The van der Waals surface area contributed by atoms with E-state index in [9.17, 15) is 4.79 Å². The standard InChI is InChI=1S/C11H18N2OS/c1-11(2,3)8-13-10(14)12-7-9-5-4-6-15-9/h4-6H,7-8H2,1-3H3,(H2,12,13,14). The molecule has 1 aromatic rings. The van der Waals surface area contributed by atoms with Gasteiger partial charge in [-0.3, -0.25) is 0 Å². The molecule has 0 bridgehead atoms. The van der Waals surface area contributed by atoms with Gasteiger partial charge in [-0.2, -0.15) is 0 Å². The number of thiophene rings is 1. The van der Waals surface area contributed by atoms with E-state index in [0.29, 0.717) is 13.1 Å². The molecule has 3 nitrogen and oxygen atoms in total. The van der Waals surface area contributed by atoms with Crippen LogP contribution in [0.1, 0.15) is 25.6 Å². The topological polar surface area (TPSA) is 41.1 Å². The molecule has 1 aromatic heterocycles. The highest BCUT2D eigenvalue weighted by atomic mass is 32.1. The van der Waals surface area contributed by atoms with E-state index in [1.807, 2.05) is 17.5 Å². The van der Waals surface area contributed by atoms with Crippen LogP contribution in [0, 0.1) is 5.41 Å². The molecule has 2 N–H and O–H groups in total. The lowest BCUT2D eigenvalue weighted by molar-refractivity contribution is 0.235. The van der Waals surface area contributed by atoms with Crippen molar-refractivity contribution in [3.8, 4) is 0 Å². The summed E-state index contributed by atoms with van der Waals surface area (Å²) < 4.78 is 0. The maximum atomic E-state index is 11.4. The van der Waals surface area contributed by atoms with Gasteiger partial charge in [0.15, 0.2) is 0 Å². The first-order chi connectivity index (χ1) is 6.97. The number of carbonyl (C=O) groups is 1. The molecule has 1 rings (SSSR count). The van der Waals surface area contributed by atoms with Crippen molar-refractivity contribution >= 4 is 17.4 Å². The minimum absolute atomic E-state index is 0.0988. The van der Waals surface area contributed by atoms with Crippen LogP contribution in [0.3, 0.4) is 0 Å². The summed E-state index contributed by atoms with van der Waals surface area (Å²) in [6.45, 7) is 7.56. The second-order valence-electron chi connectivity index (χ2n) is 4.68. The Kier molecular flexibility index (Phi) is 4.15. The number of urea groups is 1. The molecule has 0 aliphatic heterocycles. The fourth-order valence-electron chi connectivity index (χ4n) is 0.989. The van der Waals surface area contributed by atoms with Gasteiger partial charge >= 0.3 is 6.03 Å². The van der Waals surface area contributed by atoms with Gasteiger partial charge in [-0.05, 0) is 16.9 Å². The lowest BCUT2D eigenvalue weighted by Gasteiger charge is -2.18. The molecule has 0 saturated heterocycles. The minimum atomic E-state index is -0.0988. The van der Waals surface area contributed by atoms with Crippen molar-refractivity contribution in [1.29, 1.82) is 0 Å². The van der Waals surface area contributed by atoms with E-state index in [1.54, 1.807) is 11.3 Å². The van der Waals surface area contributed by atoms with Gasteiger partial charge in [-0.1, -0.05) is 26.8 Å². The number of hydrogen-bond donors (Lipinski definition) is 2. The summed E-state index contributed by atoms with van der Waals surface area (Å²) in [5.41, 5.74) is 0.125. The average molecular weight is 226 g/mol. The predicted molar refractivity (Wildman–Crippen MR) is 64.0 cm³/mol. The van der Waals surface area contributed by atoms with Crippen LogP contribution in [-0.2, 0) is 6.54 Å². The number of amides is 2. The summed E-state index contributed by atoms with van der Waals surface area (Å²) in [6.07, 6.45) is 0. The summed E-state index contributed by atoms with van der Waals surface area (Å²) in [5.74, 6) is 0. The van der Waals surface area contributed by atoms with Gasteiger partial charge in [0, 0.05) is 11.4 Å². The van der Waals surface area contributed by atoms with Crippen LogP contribution in [0.5, 0.6) is 0 Å².